The van der Waals surface area contributed by atoms with Gasteiger partial charge in [0, 0.05) is 5.97 Å². The normalized spacial score (nSPS) is 8.08. The van der Waals surface area contributed by atoms with Crippen LogP contribution in [-0.4, -0.2) is 19.6 Å². The zero-order valence-electron chi connectivity index (χ0n) is 7.93. The second kappa shape index (κ2) is 14.0. The predicted molar refractivity (Wildman–Crippen MR) is 47.1 cm³/mol. The molecule has 0 rings (SSSR count). The van der Waals surface area contributed by atoms with Gasteiger partial charge in [-0.3, -0.25) is 0 Å². The molecule has 68 valence electrons. The van der Waals surface area contributed by atoms with Gasteiger partial charge in [-0.1, -0.05) is 6.42 Å². The molecule has 5 heteroatoms. The first-order chi connectivity index (χ1) is 4.77. The standard InChI is InChI=1S/C7H15NO2.Li.H2P/c1-8-6-4-2-3-5-7(9)10;;/h8H,2-6H2,1H3,(H,9,10);;1H2/q;+1;-1/p-1. The van der Waals surface area contributed by atoms with Crippen molar-refractivity contribution < 1.29 is 28.8 Å². The maximum atomic E-state index is 9.91. The third-order valence-electron chi connectivity index (χ3n) is 1.31. The number of carbonyl (C=O) groups is 1. The second-order valence-corrected chi connectivity index (χ2v) is 2.29. The summed E-state index contributed by atoms with van der Waals surface area (Å²) in [5, 5.41) is 12.9. The van der Waals surface area contributed by atoms with Gasteiger partial charge in [0.1, 0.15) is 0 Å². The van der Waals surface area contributed by atoms with Gasteiger partial charge in [-0.2, -0.15) is 0 Å². The van der Waals surface area contributed by atoms with Crippen LogP contribution in [0.25, 0.3) is 0 Å². The van der Waals surface area contributed by atoms with Crippen molar-refractivity contribution in [2.45, 2.75) is 25.7 Å². The van der Waals surface area contributed by atoms with Crippen molar-refractivity contribution in [3.63, 3.8) is 0 Å². The van der Waals surface area contributed by atoms with Gasteiger partial charge in [-0.25, -0.2) is 0 Å². The van der Waals surface area contributed by atoms with E-state index in [1.807, 2.05) is 7.05 Å². The van der Waals surface area contributed by atoms with E-state index in [1.54, 1.807) is 0 Å². The van der Waals surface area contributed by atoms with Crippen molar-refractivity contribution in [2.75, 3.05) is 13.6 Å². The predicted octanol–water partition coefficient (Wildman–Crippen LogP) is -3.15. The van der Waals surface area contributed by atoms with E-state index in [4.69, 9.17) is 0 Å². The number of carboxylic acid groups (broad SMARTS) is 1. The van der Waals surface area contributed by atoms with Crippen molar-refractivity contribution in [1.82, 2.24) is 5.32 Å². The maximum Gasteiger partial charge on any atom is 1.00 e. The number of unbranched alkanes of at least 4 members (excludes halogenated alkanes) is 2. The molecule has 0 saturated heterocycles. The molecule has 0 heterocycles. The fourth-order valence-corrected chi connectivity index (χ4v) is 0.748. The molecule has 0 aliphatic heterocycles. The van der Waals surface area contributed by atoms with E-state index in [1.165, 1.54) is 0 Å². The van der Waals surface area contributed by atoms with E-state index >= 15 is 0 Å². The van der Waals surface area contributed by atoms with E-state index in [0.29, 0.717) is 0 Å². The summed E-state index contributed by atoms with van der Waals surface area (Å²) in [7, 11) is 1.89. The van der Waals surface area contributed by atoms with Gasteiger partial charge >= 0.3 is 18.9 Å². The van der Waals surface area contributed by atoms with Crippen molar-refractivity contribution in [1.29, 1.82) is 0 Å². The van der Waals surface area contributed by atoms with Gasteiger partial charge in [0.05, 0.1) is 0 Å². The van der Waals surface area contributed by atoms with Crippen molar-refractivity contribution >= 4 is 15.9 Å². The van der Waals surface area contributed by atoms with Crippen LogP contribution in [0.5, 0.6) is 0 Å². The van der Waals surface area contributed by atoms with Crippen LogP contribution in [0.3, 0.4) is 0 Å². The molecule has 12 heavy (non-hydrogen) atoms. The molecule has 0 aliphatic rings. The Balaban J connectivity index is -0.000000405. The summed E-state index contributed by atoms with van der Waals surface area (Å²) < 4.78 is 0. The molecular formula is C7H16LiNO2P-. The van der Waals surface area contributed by atoms with Crippen molar-refractivity contribution in [2.24, 2.45) is 0 Å². The summed E-state index contributed by atoms with van der Waals surface area (Å²) >= 11 is 0. The molecular weight excluding hydrogens is 168 g/mol. The van der Waals surface area contributed by atoms with Gasteiger partial charge in [-0.05, 0) is 32.9 Å². The van der Waals surface area contributed by atoms with Crippen LogP contribution >= 0.6 is 9.90 Å². The Kier molecular flexibility index (Phi) is 21.3. The largest absolute Gasteiger partial charge is 1.00 e. The van der Waals surface area contributed by atoms with E-state index in [-0.39, 0.29) is 35.2 Å². The first-order valence-electron chi connectivity index (χ1n) is 3.62. The number of rotatable bonds is 6. The molecule has 0 atom stereocenters. The van der Waals surface area contributed by atoms with Crippen molar-refractivity contribution in [3.8, 4) is 0 Å². The quantitative estimate of drug-likeness (QED) is 0.269. The first-order valence-corrected chi connectivity index (χ1v) is 3.62. The molecule has 0 aromatic carbocycles. The minimum absolute atomic E-state index is 0. The minimum Gasteiger partial charge on any atom is -0.577 e. The number of nitrogens with one attached hydrogen (secondary N) is 1. The second-order valence-electron chi connectivity index (χ2n) is 2.29. The average Bonchev–Trinajstić information content (AvgIpc) is 1.87. The maximum absolute atomic E-state index is 9.91. The van der Waals surface area contributed by atoms with Crippen LogP contribution in [0, 0.1) is 0 Å². The fraction of sp³-hybridized carbons (Fsp3) is 0.857. The topological polar surface area (TPSA) is 52.2 Å². The molecule has 0 amide bonds. The number of carboxylic acids is 1. The molecule has 0 aromatic heterocycles. The summed E-state index contributed by atoms with van der Waals surface area (Å²) in [5.74, 6) is -0.940. The van der Waals surface area contributed by atoms with E-state index in [2.05, 4.69) is 5.32 Å². The minimum atomic E-state index is -0.940. The summed E-state index contributed by atoms with van der Waals surface area (Å²) in [6, 6.07) is 0. The molecule has 0 saturated carbocycles. The van der Waals surface area contributed by atoms with Gasteiger partial charge < -0.3 is 25.1 Å². The molecule has 1 N–H and O–H groups in total. The monoisotopic (exact) mass is 184 g/mol. The number of hydrogen-bond donors (Lipinski definition) is 1. The Morgan fingerprint density at radius 3 is 2.33 bits per heavy atom. The smallest absolute Gasteiger partial charge is 0.577 e. The fourth-order valence-electron chi connectivity index (χ4n) is 0.748. The molecule has 0 bridgehead atoms. The Hall–Kier alpha value is 0.457. The zero-order valence-corrected chi connectivity index (χ0v) is 9.08. The third-order valence-corrected chi connectivity index (χ3v) is 1.31. The van der Waals surface area contributed by atoms with Gasteiger partial charge in [0.15, 0.2) is 0 Å². The molecule has 0 spiro atoms. The number of hydrogen-bond acceptors (Lipinski definition) is 3. The SMILES string of the molecule is CNCCCCCC(=O)[O-].[Li+].[PH2-]. The zero-order chi connectivity index (χ0) is 7.82. The molecule has 0 unspecified atom stereocenters. The van der Waals surface area contributed by atoms with Crippen LogP contribution in [0.1, 0.15) is 25.7 Å². The van der Waals surface area contributed by atoms with Crippen LogP contribution in [-0.2, 0) is 4.79 Å². The molecule has 3 nitrogen and oxygen atoms in total. The molecule has 0 aliphatic carbocycles. The van der Waals surface area contributed by atoms with Gasteiger partial charge in [0.2, 0.25) is 0 Å². The summed E-state index contributed by atoms with van der Waals surface area (Å²) in [6.45, 7) is 0.965. The summed E-state index contributed by atoms with van der Waals surface area (Å²) in [6.07, 6.45) is 2.95. The van der Waals surface area contributed by atoms with Crippen molar-refractivity contribution in [3.05, 3.63) is 0 Å². The Bertz CT molecular complexity index is 103. The third kappa shape index (κ3) is 16.8. The molecule has 0 fully saturated rings. The Labute approximate surface area is 89.5 Å². The van der Waals surface area contributed by atoms with Crippen LogP contribution in [0.15, 0.2) is 0 Å². The van der Waals surface area contributed by atoms with E-state index < -0.39 is 5.97 Å². The molecule has 0 radical (unpaired) electrons. The summed E-state index contributed by atoms with van der Waals surface area (Å²) in [4.78, 5) is 9.91. The number of carbonyl (C=O) groups excluding carboxylic acids is 1. The van der Waals surface area contributed by atoms with Crippen LogP contribution < -0.4 is 29.3 Å². The van der Waals surface area contributed by atoms with E-state index in [9.17, 15) is 9.90 Å². The van der Waals surface area contributed by atoms with E-state index in [0.717, 1.165) is 25.8 Å². The average molecular weight is 184 g/mol. The molecule has 0 aromatic rings. The van der Waals surface area contributed by atoms with Gasteiger partial charge in [-0.15, -0.1) is 0 Å². The number of aliphatic carboxylic acids is 1. The van der Waals surface area contributed by atoms with Crippen LogP contribution in [0.4, 0.5) is 0 Å². The first kappa shape index (κ1) is 18.3. The Morgan fingerprint density at radius 2 is 1.92 bits per heavy atom. The Morgan fingerprint density at radius 1 is 1.33 bits per heavy atom. The van der Waals surface area contributed by atoms with Crippen LogP contribution in [0.2, 0.25) is 0 Å². The van der Waals surface area contributed by atoms with Gasteiger partial charge in [0.25, 0.3) is 0 Å². The summed E-state index contributed by atoms with van der Waals surface area (Å²) in [5.41, 5.74) is 0.